The van der Waals surface area contributed by atoms with Gasteiger partial charge in [0.15, 0.2) is 0 Å². The normalized spacial score (nSPS) is 13.6. The minimum absolute atomic E-state index is 0.606. The molecule has 0 atom stereocenters. The molecule has 0 radical (unpaired) electrons. The fourth-order valence-electron chi connectivity index (χ4n) is 1.06. The summed E-state index contributed by atoms with van der Waals surface area (Å²) in [4.78, 5) is 8.06. The first-order valence-corrected chi connectivity index (χ1v) is 3.14. The van der Waals surface area contributed by atoms with Gasteiger partial charge in [-0.2, -0.15) is 0 Å². The van der Waals surface area contributed by atoms with E-state index >= 15 is 0 Å². The Bertz CT molecular complexity index is 291. The van der Waals surface area contributed by atoms with Crippen molar-refractivity contribution in [1.82, 2.24) is 4.98 Å². The van der Waals surface area contributed by atoms with Crippen molar-refractivity contribution in [2.24, 2.45) is 4.99 Å². The van der Waals surface area contributed by atoms with Gasteiger partial charge in [-0.3, -0.25) is 4.99 Å². The molecule has 50 valence electrons. The average molecular weight is 133 g/mol. The number of hydrogen-bond acceptors (Lipinski definition) is 3. The van der Waals surface area contributed by atoms with E-state index in [2.05, 4.69) is 9.98 Å². The van der Waals surface area contributed by atoms with Gasteiger partial charge in [0.1, 0.15) is 5.82 Å². The number of aliphatic imine (C=N–C) groups is 1. The summed E-state index contributed by atoms with van der Waals surface area (Å²) in [5, 5.41) is 0. The van der Waals surface area contributed by atoms with E-state index in [1.165, 1.54) is 0 Å². The second-order valence-electron chi connectivity index (χ2n) is 2.21. The number of nitrogens with zero attached hydrogens (tertiary/aromatic N) is 2. The van der Waals surface area contributed by atoms with E-state index in [1.807, 2.05) is 12.3 Å². The van der Waals surface area contributed by atoms with Gasteiger partial charge >= 0.3 is 0 Å². The van der Waals surface area contributed by atoms with Gasteiger partial charge in [0.2, 0.25) is 0 Å². The molecule has 0 spiro atoms. The first kappa shape index (κ1) is 5.41. The van der Waals surface area contributed by atoms with E-state index < -0.39 is 0 Å². The Morgan fingerprint density at radius 3 is 3.20 bits per heavy atom. The van der Waals surface area contributed by atoms with Crippen LogP contribution in [0, 0.1) is 0 Å². The second kappa shape index (κ2) is 1.80. The number of rotatable bonds is 0. The Hall–Kier alpha value is -1.38. The van der Waals surface area contributed by atoms with E-state index in [1.54, 1.807) is 6.20 Å². The van der Waals surface area contributed by atoms with Gasteiger partial charge in [-0.05, 0) is 6.07 Å². The number of hydrogen-bond donors (Lipinski definition) is 1. The molecule has 0 aromatic carbocycles. The first-order chi connectivity index (χ1) is 4.88. The summed E-state index contributed by atoms with van der Waals surface area (Å²) in [6.45, 7) is 0. The predicted molar refractivity (Wildman–Crippen MR) is 40.5 cm³/mol. The number of nitrogens with two attached hydrogens (primary N) is 1. The lowest BCUT2D eigenvalue weighted by Crippen LogP contribution is -1.94. The summed E-state index contributed by atoms with van der Waals surface area (Å²) in [7, 11) is 0. The Kier molecular flexibility index (Phi) is 0.974. The highest BCUT2D eigenvalue weighted by Gasteiger charge is 2.08. The minimum atomic E-state index is 0.606. The van der Waals surface area contributed by atoms with Crippen LogP contribution in [-0.4, -0.2) is 11.2 Å². The molecular weight excluding hydrogens is 126 g/mol. The Morgan fingerprint density at radius 1 is 1.50 bits per heavy atom. The number of aromatic nitrogens is 1. The Balaban J connectivity index is 2.66. The Morgan fingerprint density at radius 2 is 2.40 bits per heavy atom. The molecule has 0 saturated carbocycles. The van der Waals surface area contributed by atoms with Gasteiger partial charge in [-0.15, -0.1) is 0 Å². The van der Waals surface area contributed by atoms with E-state index in [4.69, 9.17) is 5.73 Å². The zero-order chi connectivity index (χ0) is 6.97. The zero-order valence-corrected chi connectivity index (χ0v) is 5.41. The van der Waals surface area contributed by atoms with Crippen molar-refractivity contribution in [2.75, 3.05) is 5.73 Å². The molecule has 0 amide bonds. The van der Waals surface area contributed by atoms with Crippen molar-refractivity contribution in [2.45, 2.75) is 6.42 Å². The fourth-order valence-corrected chi connectivity index (χ4v) is 1.06. The van der Waals surface area contributed by atoms with Crippen LogP contribution in [0.25, 0.3) is 0 Å². The molecule has 1 aromatic rings. The molecule has 0 aliphatic carbocycles. The molecule has 1 aliphatic heterocycles. The van der Waals surface area contributed by atoms with Crippen molar-refractivity contribution >= 4 is 17.7 Å². The van der Waals surface area contributed by atoms with Crippen LogP contribution in [0.15, 0.2) is 17.3 Å². The SMILES string of the molecule is Nc1nccc2c1CC=N2. The summed E-state index contributed by atoms with van der Waals surface area (Å²) >= 11 is 0. The van der Waals surface area contributed by atoms with Crippen LogP contribution < -0.4 is 5.73 Å². The van der Waals surface area contributed by atoms with Gasteiger partial charge in [-0.25, -0.2) is 4.98 Å². The quantitative estimate of drug-likeness (QED) is 0.572. The van der Waals surface area contributed by atoms with Gasteiger partial charge < -0.3 is 5.73 Å². The molecule has 2 heterocycles. The molecule has 3 nitrogen and oxygen atoms in total. The van der Waals surface area contributed by atoms with Crippen molar-refractivity contribution in [3.05, 3.63) is 17.8 Å². The monoisotopic (exact) mass is 133 g/mol. The standard InChI is InChI=1S/C7H7N3/c8-7-5-1-3-9-6(5)2-4-10-7/h2-4H,1H2,(H2,8,10). The van der Waals surface area contributed by atoms with Gasteiger partial charge in [0.05, 0.1) is 5.69 Å². The van der Waals surface area contributed by atoms with E-state index in [-0.39, 0.29) is 0 Å². The predicted octanol–water partition coefficient (Wildman–Crippen LogP) is 0.922. The largest absolute Gasteiger partial charge is 0.383 e. The molecule has 0 bridgehead atoms. The lowest BCUT2D eigenvalue weighted by molar-refractivity contribution is 1.26. The minimum Gasteiger partial charge on any atom is -0.383 e. The maximum atomic E-state index is 5.58. The molecule has 0 unspecified atom stereocenters. The average Bonchev–Trinajstić information content (AvgIpc) is 2.36. The van der Waals surface area contributed by atoms with E-state index in [0.29, 0.717) is 5.82 Å². The topological polar surface area (TPSA) is 51.3 Å². The van der Waals surface area contributed by atoms with Crippen molar-refractivity contribution in [3.8, 4) is 0 Å². The highest BCUT2D eigenvalue weighted by Crippen LogP contribution is 2.26. The third-order valence-corrected chi connectivity index (χ3v) is 1.59. The molecule has 0 fully saturated rings. The van der Waals surface area contributed by atoms with E-state index in [9.17, 15) is 0 Å². The van der Waals surface area contributed by atoms with Gasteiger partial charge in [0, 0.05) is 24.4 Å². The third kappa shape index (κ3) is 0.603. The van der Waals surface area contributed by atoms with Crippen LogP contribution in [0.3, 0.4) is 0 Å². The number of fused-ring (bicyclic) bond motifs is 1. The molecular formula is C7H7N3. The lowest BCUT2D eigenvalue weighted by Gasteiger charge is -1.97. The molecule has 2 N–H and O–H groups in total. The van der Waals surface area contributed by atoms with Crippen molar-refractivity contribution in [1.29, 1.82) is 0 Å². The fraction of sp³-hybridized carbons (Fsp3) is 0.143. The summed E-state index contributed by atoms with van der Waals surface area (Å²) in [6.07, 6.45) is 4.36. The first-order valence-electron chi connectivity index (χ1n) is 3.14. The molecule has 10 heavy (non-hydrogen) atoms. The molecule has 2 rings (SSSR count). The summed E-state index contributed by atoms with van der Waals surface area (Å²) in [6, 6.07) is 1.87. The van der Waals surface area contributed by atoms with Crippen molar-refractivity contribution < 1.29 is 0 Å². The molecule has 1 aromatic heterocycles. The van der Waals surface area contributed by atoms with E-state index in [0.717, 1.165) is 17.7 Å². The second-order valence-corrected chi connectivity index (χ2v) is 2.21. The van der Waals surface area contributed by atoms with Crippen molar-refractivity contribution in [3.63, 3.8) is 0 Å². The Labute approximate surface area is 58.6 Å². The number of nitrogen functional groups attached to an aromatic ring is 1. The highest BCUT2D eigenvalue weighted by molar-refractivity contribution is 5.78. The molecule has 1 aliphatic rings. The molecule has 0 saturated heterocycles. The van der Waals surface area contributed by atoms with Crippen LogP contribution in [0.4, 0.5) is 11.5 Å². The van der Waals surface area contributed by atoms with Crippen LogP contribution in [-0.2, 0) is 6.42 Å². The maximum Gasteiger partial charge on any atom is 0.129 e. The highest BCUT2D eigenvalue weighted by atomic mass is 14.9. The third-order valence-electron chi connectivity index (χ3n) is 1.59. The number of anilines is 1. The van der Waals surface area contributed by atoms with Crippen LogP contribution in [0.2, 0.25) is 0 Å². The van der Waals surface area contributed by atoms with Crippen LogP contribution in [0.5, 0.6) is 0 Å². The zero-order valence-electron chi connectivity index (χ0n) is 5.41. The number of pyridine rings is 1. The molecule has 3 heteroatoms. The summed E-state index contributed by atoms with van der Waals surface area (Å²) < 4.78 is 0. The summed E-state index contributed by atoms with van der Waals surface area (Å²) in [5.74, 6) is 0.606. The van der Waals surface area contributed by atoms with Gasteiger partial charge in [0.25, 0.3) is 0 Å². The van der Waals surface area contributed by atoms with Crippen LogP contribution in [0.1, 0.15) is 5.56 Å². The maximum absolute atomic E-state index is 5.58. The lowest BCUT2D eigenvalue weighted by atomic mass is 10.2. The van der Waals surface area contributed by atoms with Gasteiger partial charge in [-0.1, -0.05) is 0 Å². The van der Waals surface area contributed by atoms with Crippen LogP contribution >= 0.6 is 0 Å². The smallest absolute Gasteiger partial charge is 0.129 e. The summed E-state index contributed by atoms with van der Waals surface area (Å²) in [5.41, 5.74) is 7.60.